The van der Waals surface area contributed by atoms with E-state index in [-0.39, 0.29) is 0 Å². The number of hydrogen-bond acceptors (Lipinski definition) is 3. The first-order valence-electron chi connectivity index (χ1n) is 18.0. The lowest BCUT2D eigenvalue weighted by atomic mass is 9.97. The summed E-state index contributed by atoms with van der Waals surface area (Å²) in [4.78, 5) is 2.36. The molecule has 9 aromatic carbocycles. The highest BCUT2D eigenvalue weighted by molar-refractivity contribution is 6.19. The van der Waals surface area contributed by atoms with Crippen LogP contribution in [0.15, 0.2) is 197 Å². The molecule has 0 saturated heterocycles. The summed E-state index contributed by atoms with van der Waals surface area (Å²) in [5, 5.41) is 9.20. The number of nitrogens with zero attached hydrogens (tertiary/aromatic N) is 1. The van der Waals surface area contributed by atoms with E-state index in [1.807, 2.05) is 12.1 Å². The van der Waals surface area contributed by atoms with Gasteiger partial charge in [0.25, 0.3) is 0 Å². The fourth-order valence-corrected chi connectivity index (χ4v) is 8.20. The van der Waals surface area contributed by atoms with Gasteiger partial charge in [-0.1, -0.05) is 127 Å². The molecule has 3 heteroatoms. The summed E-state index contributed by atoms with van der Waals surface area (Å²) in [5.41, 5.74) is 11.4. The zero-order valence-corrected chi connectivity index (χ0v) is 28.7. The van der Waals surface area contributed by atoms with Gasteiger partial charge < -0.3 is 13.7 Å². The van der Waals surface area contributed by atoms with Crippen molar-refractivity contribution in [2.45, 2.75) is 0 Å². The van der Waals surface area contributed by atoms with Crippen molar-refractivity contribution in [3.8, 4) is 22.3 Å². The van der Waals surface area contributed by atoms with Gasteiger partial charge in [0, 0.05) is 44.0 Å². The Hall–Kier alpha value is -7.10. The molecule has 0 aliphatic carbocycles. The smallest absolute Gasteiger partial charge is 0.143 e. The molecule has 3 nitrogen and oxygen atoms in total. The van der Waals surface area contributed by atoms with Crippen molar-refractivity contribution in [3.05, 3.63) is 188 Å². The van der Waals surface area contributed by atoms with Gasteiger partial charge in [-0.3, -0.25) is 0 Å². The largest absolute Gasteiger partial charge is 0.456 e. The van der Waals surface area contributed by atoms with Crippen LogP contribution in [0.3, 0.4) is 0 Å². The lowest BCUT2D eigenvalue weighted by molar-refractivity contribution is 0.669. The zero-order valence-electron chi connectivity index (χ0n) is 28.7. The van der Waals surface area contributed by atoms with Gasteiger partial charge in [-0.2, -0.15) is 0 Å². The Labute approximate surface area is 305 Å². The van der Waals surface area contributed by atoms with E-state index in [9.17, 15) is 0 Å². The molecule has 0 unspecified atom stereocenters. The Morgan fingerprint density at radius 2 is 0.906 bits per heavy atom. The van der Waals surface area contributed by atoms with E-state index in [0.717, 1.165) is 83.0 Å². The standard InChI is InChI=1S/C50H31NO2/c1-3-18-39-32(11-1)13-9-21-40(39)34-14-7-16-36(29-34)51(38-26-28-47-45(31-38)43-20-5-6-23-46(43)52-47)37-17-8-15-35(30-37)41-22-10-24-48-49(41)44-27-25-33-12-2-4-19-42(33)50(44)53-48/h1-31H. The van der Waals surface area contributed by atoms with E-state index < -0.39 is 0 Å². The van der Waals surface area contributed by atoms with Crippen LogP contribution in [-0.4, -0.2) is 0 Å². The summed E-state index contributed by atoms with van der Waals surface area (Å²) in [6, 6.07) is 66.9. The van der Waals surface area contributed by atoms with E-state index >= 15 is 0 Å². The summed E-state index contributed by atoms with van der Waals surface area (Å²) < 4.78 is 12.8. The lowest BCUT2D eigenvalue weighted by Crippen LogP contribution is -2.10. The SMILES string of the molecule is c1cc(-c2cccc3ccccc23)cc(N(c2cccc(-c3cccc4oc5c6ccccc6ccc5c34)c2)c2ccc3oc4ccccc4c3c2)c1. The summed E-state index contributed by atoms with van der Waals surface area (Å²) in [6.45, 7) is 0. The predicted octanol–water partition coefficient (Wildman–Crippen LogP) is 14.6. The third-order valence-corrected chi connectivity index (χ3v) is 10.6. The molecular formula is C50H31NO2. The van der Waals surface area contributed by atoms with Crippen molar-refractivity contribution in [3.63, 3.8) is 0 Å². The van der Waals surface area contributed by atoms with E-state index in [0.29, 0.717) is 0 Å². The van der Waals surface area contributed by atoms with Crippen molar-refractivity contribution in [1.29, 1.82) is 0 Å². The number of furan rings is 2. The first kappa shape index (κ1) is 29.6. The van der Waals surface area contributed by atoms with Crippen LogP contribution in [0.1, 0.15) is 0 Å². The van der Waals surface area contributed by atoms with Crippen LogP contribution in [0.4, 0.5) is 17.1 Å². The second-order valence-corrected chi connectivity index (χ2v) is 13.7. The van der Waals surface area contributed by atoms with Gasteiger partial charge in [-0.05, 0) is 99.1 Å². The fourth-order valence-electron chi connectivity index (χ4n) is 8.20. The van der Waals surface area contributed by atoms with Crippen LogP contribution in [-0.2, 0) is 0 Å². The molecule has 0 saturated carbocycles. The van der Waals surface area contributed by atoms with Crippen LogP contribution in [0.2, 0.25) is 0 Å². The highest BCUT2D eigenvalue weighted by atomic mass is 16.3. The van der Waals surface area contributed by atoms with Crippen molar-refractivity contribution in [2.75, 3.05) is 4.90 Å². The number of benzene rings is 9. The Kier molecular flexibility index (Phi) is 6.55. The average molecular weight is 678 g/mol. The number of anilines is 3. The Morgan fingerprint density at radius 1 is 0.321 bits per heavy atom. The van der Waals surface area contributed by atoms with Crippen LogP contribution >= 0.6 is 0 Å². The van der Waals surface area contributed by atoms with Gasteiger partial charge in [-0.15, -0.1) is 0 Å². The van der Waals surface area contributed by atoms with Crippen LogP contribution in [0.5, 0.6) is 0 Å². The molecule has 0 atom stereocenters. The van der Waals surface area contributed by atoms with E-state index in [2.05, 4.69) is 181 Å². The molecule has 0 bridgehead atoms. The topological polar surface area (TPSA) is 29.5 Å². The molecule has 0 aliphatic rings. The zero-order chi connectivity index (χ0) is 34.9. The molecule has 53 heavy (non-hydrogen) atoms. The van der Waals surface area contributed by atoms with Gasteiger partial charge in [0.1, 0.15) is 22.3 Å². The third kappa shape index (κ3) is 4.75. The second kappa shape index (κ2) is 11.7. The molecule has 0 amide bonds. The average Bonchev–Trinajstić information content (AvgIpc) is 3.80. The van der Waals surface area contributed by atoms with Crippen molar-refractivity contribution < 1.29 is 8.83 Å². The molecule has 0 radical (unpaired) electrons. The van der Waals surface area contributed by atoms with Crippen LogP contribution in [0.25, 0.3) is 87.7 Å². The first-order valence-corrected chi connectivity index (χ1v) is 18.0. The molecule has 11 rings (SSSR count). The first-order chi connectivity index (χ1) is 26.3. The molecule has 2 aromatic heterocycles. The Balaban J connectivity index is 1.12. The van der Waals surface area contributed by atoms with Crippen LogP contribution < -0.4 is 4.90 Å². The highest BCUT2D eigenvalue weighted by Gasteiger charge is 2.19. The van der Waals surface area contributed by atoms with E-state index in [1.165, 1.54) is 21.7 Å². The molecule has 0 fully saturated rings. The van der Waals surface area contributed by atoms with Gasteiger partial charge in [-0.25, -0.2) is 0 Å². The number of para-hydroxylation sites is 1. The molecule has 2 heterocycles. The predicted molar refractivity (Wildman–Crippen MR) is 222 cm³/mol. The molecule has 0 spiro atoms. The van der Waals surface area contributed by atoms with Gasteiger partial charge in [0.2, 0.25) is 0 Å². The van der Waals surface area contributed by atoms with Crippen LogP contribution in [0, 0.1) is 0 Å². The normalized spacial score (nSPS) is 11.8. The minimum absolute atomic E-state index is 0.874. The monoisotopic (exact) mass is 677 g/mol. The minimum Gasteiger partial charge on any atom is -0.456 e. The summed E-state index contributed by atoms with van der Waals surface area (Å²) in [5.74, 6) is 0. The third-order valence-electron chi connectivity index (χ3n) is 10.6. The maximum absolute atomic E-state index is 6.58. The maximum Gasteiger partial charge on any atom is 0.143 e. The number of fused-ring (bicyclic) bond motifs is 9. The Bertz CT molecular complexity index is 3200. The molecule has 11 aromatic rings. The quantitative estimate of drug-likeness (QED) is 0.182. The molecular weight excluding hydrogens is 647 g/mol. The van der Waals surface area contributed by atoms with Crippen molar-refractivity contribution >= 4 is 82.5 Å². The summed E-state index contributed by atoms with van der Waals surface area (Å²) >= 11 is 0. The Morgan fingerprint density at radius 3 is 1.74 bits per heavy atom. The summed E-state index contributed by atoms with van der Waals surface area (Å²) in [6.07, 6.45) is 0. The highest BCUT2D eigenvalue weighted by Crippen LogP contribution is 2.44. The number of hydrogen-bond donors (Lipinski definition) is 0. The second-order valence-electron chi connectivity index (χ2n) is 13.7. The molecule has 0 aliphatic heterocycles. The molecule has 0 N–H and O–H groups in total. The van der Waals surface area contributed by atoms with E-state index in [4.69, 9.17) is 8.83 Å². The van der Waals surface area contributed by atoms with Crippen molar-refractivity contribution in [1.82, 2.24) is 0 Å². The van der Waals surface area contributed by atoms with Crippen molar-refractivity contribution in [2.24, 2.45) is 0 Å². The van der Waals surface area contributed by atoms with Gasteiger partial charge >= 0.3 is 0 Å². The molecule has 248 valence electrons. The van der Waals surface area contributed by atoms with Gasteiger partial charge in [0.05, 0.1) is 0 Å². The fraction of sp³-hybridized carbons (Fsp3) is 0. The lowest BCUT2D eigenvalue weighted by Gasteiger charge is -2.27. The van der Waals surface area contributed by atoms with Gasteiger partial charge in [0.15, 0.2) is 0 Å². The van der Waals surface area contributed by atoms with E-state index in [1.54, 1.807) is 0 Å². The maximum atomic E-state index is 6.58. The summed E-state index contributed by atoms with van der Waals surface area (Å²) in [7, 11) is 0. The minimum atomic E-state index is 0.874. The number of rotatable bonds is 5.